The quantitative estimate of drug-likeness (QED) is 0.330. The predicted octanol–water partition coefficient (Wildman–Crippen LogP) is 5.38. The lowest BCUT2D eigenvalue weighted by Crippen LogP contribution is -2.43. The first-order chi connectivity index (χ1) is 20.4. The SMILES string of the molecule is CCc1c(F)ccc2cc(O)cc(-c3ncc4c(N5CC6CC5CO6)nc(OCC56CCCN5CCC6)nc4c3F)c12. The average Bonchev–Trinajstić information content (AvgIpc) is 3.78. The maximum atomic E-state index is 16.7. The Morgan fingerprint density at radius 1 is 1.14 bits per heavy atom. The number of pyridine rings is 1. The van der Waals surface area contributed by atoms with Gasteiger partial charge in [0.1, 0.15) is 35.2 Å². The van der Waals surface area contributed by atoms with Gasteiger partial charge in [0.15, 0.2) is 5.82 Å². The molecule has 2 aromatic heterocycles. The molecule has 0 spiro atoms. The van der Waals surface area contributed by atoms with Crippen LogP contribution in [0.3, 0.4) is 0 Å². The van der Waals surface area contributed by atoms with E-state index in [2.05, 4.69) is 19.8 Å². The molecule has 42 heavy (non-hydrogen) atoms. The van der Waals surface area contributed by atoms with E-state index < -0.39 is 5.82 Å². The number of nitrogens with zero attached hydrogens (tertiary/aromatic N) is 5. The van der Waals surface area contributed by atoms with E-state index in [0.29, 0.717) is 59.3 Å². The van der Waals surface area contributed by atoms with E-state index in [1.54, 1.807) is 18.3 Å². The van der Waals surface area contributed by atoms with Crippen molar-refractivity contribution in [2.45, 2.75) is 63.1 Å². The molecule has 4 aromatic rings. The number of aryl methyl sites for hydroxylation is 1. The number of hydrogen-bond acceptors (Lipinski definition) is 8. The van der Waals surface area contributed by atoms with E-state index in [1.807, 2.05) is 6.92 Å². The smallest absolute Gasteiger partial charge is 0.319 e. The fraction of sp³-hybridized carbons (Fsp3) is 0.469. The Labute approximate surface area is 242 Å². The molecule has 0 saturated carbocycles. The van der Waals surface area contributed by atoms with Crippen LogP contribution in [-0.2, 0) is 11.2 Å². The van der Waals surface area contributed by atoms with Crippen LogP contribution in [0.1, 0.15) is 44.6 Å². The van der Waals surface area contributed by atoms with Crippen molar-refractivity contribution in [1.82, 2.24) is 19.9 Å². The summed E-state index contributed by atoms with van der Waals surface area (Å²) < 4.78 is 43.8. The normalized spacial score (nSPS) is 23.0. The van der Waals surface area contributed by atoms with Crippen molar-refractivity contribution < 1.29 is 23.4 Å². The lowest BCUT2D eigenvalue weighted by molar-refractivity contribution is 0.0984. The summed E-state index contributed by atoms with van der Waals surface area (Å²) in [6, 6.07) is 6.27. The zero-order chi connectivity index (χ0) is 28.6. The van der Waals surface area contributed by atoms with Gasteiger partial charge in [0, 0.05) is 18.3 Å². The Morgan fingerprint density at radius 3 is 2.71 bits per heavy atom. The van der Waals surface area contributed by atoms with E-state index in [1.165, 1.54) is 12.1 Å². The number of morpholine rings is 1. The van der Waals surface area contributed by atoms with Gasteiger partial charge in [0.2, 0.25) is 0 Å². The van der Waals surface area contributed by atoms with Gasteiger partial charge in [-0.05, 0) is 86.1 Å². The molecule has 6 heterocycles. The van der Waals surface area contributed by atoms with Gasteiger partial charge in [-0.3, -0.25) is 9.88 Å². The van der Waals surface area contributed by atoms with Crippen LogP contribution in [0.15, 0.2) is 30.5 Å². The molecule has 8 nitrogen and oxygen atoms in total. The van der Waals surface area contributed by atoms with Crippen molar-refractivity contribution >= 4 is 27.5 Å². The van der Waals surface area contributed by atoms with Gasteiger partial charge < -0.3 is 19.5 Å². The van der Waals surface area contributed by atoms with Crippen LogP contribution >= 0.6 is 0 Å². The van der Waals surface area contributed by atoms with Crippen molar-refractivity contribution in [3.05, 3.63) is 47.7 Å². The zero-order valence-electron chi connectivity index (χ0n) is 23.6. The number of ether oxygens (including phenoxy) is 2. The largest absolute Gasteiger partial charge is 0.508 e. The first-order valence-electron chi connectivity index (χ1n) is 15.0. The van der Waals surface area contributed by atoms with Crippen LogP contribution in [0.4, 0.5) is 14.6 Å². The minimum Gasteiger partial charge on any atom is -0.508 e. The summed E-state index contributed by atoms with van der Waals surface area (Å²) >= 11 is 0. The Morgan fingerprint density at radius 2 is 1.98 bits per heavy atom. The van der Waals surface area contributed by atoms with Crippen molar-refractivity contribution in [3.63, 3.8) is 0 Å². The number of benzene rings is 2. The number of phenolic OH excluding ortho intramolecular Hbond substituents is 1. The lowest BCUT2D eigenvalue weighted by Gasteiger charge is -2.32. The van der Waals surface area contributed by atoms with E-state index in [9.17, 15) is 9.50 Å². The van der Waals surface area contributed by atoms with Crippen LogP contribution in [0.5, 0.6) is 11.8 Å². The van der Waals surface area contributed by atoms with Crippen LogP contribution in [0.25, 0.3) is 32.9 Å². The third-order valence-electron chi connectivity index (χ3n) is 9.86. The summed E-state index contributed by atoms with van der Waals surface area (Å²) in [5.74, 6) is -0.486. The molecule has 2 unspecified atom stereocenters. The lowest BCUT2D eigenvalue weighted by atomic mass is 9.94. The third kappa shape index (κ3) is 3.95. The van der Waals surface area contributed by atoms with Gasteiger partial charge in [-0.25, -0.2) is 8.78 Å². The zero-order valence-corrected chi connectivity index (χ0v) is 23.6. The molecule has 1 N–H and O–H groups in total. The number of halogens is 2. The number of fused-ring (bicyclic) bond motifs is 5. The highest BCUT2D eigenvalue weighted by molar-refractivity contribution is 6.01. The fourth-order valence-electron chi connectivity index (χ4n) is 7.84. The second kappa shape index (κ2) is 9.70. The fourth-order valence-corrected chi connectivity index (χ4v) is 7.84. The first kappa shape index (κ1) is 26.0. The monoisotopic (exact) mass is 573 g/mol. The Bertz CT molecular complexity index is 1720. The van der Waals surface area contributed by atoms with Crippen LogP contribution in [0, 0.1) is 11.6 Å². The molecule has 2 aromatic carbocycles. The minimum atomic E-state index is -0.652. The van der Waals surface area contributed by atoms with Crippen molar-refractivity contribution in [2.24, 2.45) is 0 Å². The summed E-state index contributed by atoms with van der Waals surface area (Å²) in [4.78, 5) is 18.7. The third-order valence-corrected chi connectivity index (χ3v) is 9.86. The number of anilines is 1. The topological polar surface area (TPSA) is 83.8 Å². The van der Waals surface area contributed by atoms with Crippen molar-refractivity contribution in [2.75, 3.05) is 37.7 Å². The summed E-state index contributed by atoms with van der Waals surface area (Å²) in [5, 5.41) is 12.2. The molecular formula is C32H33F2N5O3. The molecular weight excluding hydrogens is 540 g/mol. The van der Waals surface area contributed by atoms with E-state index in [-0.39, 0.29) is 46.5 Å². The minimum absolute atomic E-state index is 0.00179. The maximum absolute atomic E-state index is 16.7. The Balaban J connectivity index is 1.29. The summed E-state index contributed by atoms with van der Waals surface area (Å²) in [7, 11) is 0. The molecule has 2 atom stereocenters. The molecule has 0 amide bonds. The highest BCUT2D eigenvalue weighted by Gasteiger charge is 2.45. The highest BCUT2D eigenvalue weighted by Crippen LogP contribution is 2.42. The van der Waals surface area contributed by atoms with Gasteiger partial charge >= 0.3 is 6.01 Å². The van der Waals surface area contributed by atoms with Gasteiger partial charge in [-0.2, -0.15) is 9.97 Å². The molecule has 0 radical (unpaired) electrons. The summed E-state index contributed by atoms with van der Waals surface area (Å²) in [6.45, 7) is 5.72. The standard InChI is InChI=1S/C32H33F2N5O3/c1-2-22-25(33)6-5-18-11-20(40)13-23(26(18)22)28-27(34)29-24(14-35-28)30(39-15-21-12-19(39)16-41-21)37-31(36-29)42-17-32-7-3-9-38(32)10-4-8-32/h5-6,11,13-14,19,21,40H,2-4,7-10,12,15-17H2,1H3. The first-order valence-corrected chi connectivity index (χ1v) is 15.0. The molecule has 8 rings (SSSR count). The summed E-state index contributed by atoms with van der Waals surface area (Å²) in [5.41, 5.74) is 0.857. The molecule has 4 aliphatic heterocycles. The molecule has 218 valence electrons. The van der Waals surface area contributed by atoms with Crippen molar-refractivity contribution in [3.8, 4) is 23.0 Å². The summed E-state index contributed by atoms with van der Waals surface area (Å²) in [6.07, 6.45) is 7.44. The molecule has 4 fully saturated rings. The molecule has 10 heteroatoms. The Kier molecular flexibility index (Phi) is 6.01. The highest BCUT2D eigenvalue weighted by atomic mass is 19.1. The van der Waals surface area contributed by atoms with E-state index >= 15 is 4.39 Å². The van der Waals surface area contributed by atoms with Gasteiger partial charge in [0.05, 0.1) is 29.7 Å². The number of aromatic nitrogens is 3. The maximum Gasteiger partial charge on any atom is 0.319 e. The number of phenols is 1. The number of rotatable bonds is 6. The average molecular weight is 574 g/mol. The van der Waals surface area contributed by atoms with E-state index in [4.69, 9.17) is 14.5 Å². The number of aromatic hydroxyl groups is 1. The molecule has 4 saturated heterocycles. The second-order valence-corrected chi connectivity index (χ2v) is 12.2. The number of hydrogen-bond donors (Lipinski definition) is 1. The second-order valence-electron chi connectivity index (χ2n) is 12.2. The Hall–Kier alpha value is -3.63. The van der Waals surface area contributed by atoms with Crippen LogP contribution < -0.4 is 9.64 Å². The van der Waals surface area contributed by atoms with E-state index in [0.717, 1.165) is 45.2 Å². The van der Waals surface area contributed by atoms with Gasteiger partial charge in [0.25, 0.3) is 0 Å². The van der Waals surface area contributed by atoms with Crippen LogP contribution in [-0.4, -0.2) is 75.5 Å². The van der Waals surface area contributed by atoms with Gasteiger partial charge in [-0.1, -0.05) is 13.0 Å². The van der Waals surface area contributed by atoms with Crippen molar-refractivity contribution in [1.29, 1.82) is 0 Å². The van der Waals surface area contributed by atoms with Gasteiger partial charge in [-0.15, -0.1) is 0 Å². The predicted molar refractivity (Wildman–Crippen MR) is 155 cm³/mol. The molecule has 4 aliphatic rings. The molecule has 0 aliphatic carbocycles. The molecule has 2 bridgehead atoms. The van der Waals surface area contributed by atoms with Crippen LogP contribution in [0.2, 0.25) is 0 Å².